The summed E-state index contributed by atoms with van der Waals surface area (Å²) in [5.41, 5.74) is 2.31. The highest BCUT2D eigenvalue weighted by Crippen LogP contribution is 2.24. The lowest BCUT2D eigenvalue weighted by atomic mass is 9.96. The Morgan fingerprint density at radius 1 is 1.57 bits per heavy atom. The predicted octanol–water partition coefficient (Wildman–Crippen LogP) is 1.39. The van der Waals surface area contributed by atoms with E-state index >= 15 is 0 Å². The van der Waals surface area contributed by atoms with E-state index in [0.717, 1.165) is 5.56 Å². The molecule has 74 valence electrons. The Morgan fingerprint density at radius 2 is 2.36 bits per heavy atom. The molecule has 3 heteroatoms. The maximum Gasteiger partial charge on any atom is 0.222 e. The summed E-state index contributed by atoms with van der Waals surface area (Å²) in [6.45, 7) is 0.620. The first-order chi connectivity index (χ1) is 6.79. The molecule has 1 N–H and O–H groups in total. The molecule has 1 amide bonds. The van der Waals surface area contributed by atoms with Crippen molar-refractivity contribution in [3.63, 3.8) is 0 Å². The summed E-state index contributed by atoms with van der Waals surface area (Å²) < 4.78 is 5.05. The van der Waals surface area contributed by atoms with Gasteiger partial charge < -0.3 is 10.1 Å². The van der Waals surface area contributed by atoms with Crippen LogP contribution in [0.4, 0.5) is 0 Å². The van der Waals surface area contributed by atoms with Gasteiger partial charge in [-0.3, -0.25) is 4.79 Å². The topological polar surface area (TPSA) is 38.3 Å². The molecular formula is C11H13NO2. The fraction of sp³-hybridized carbons (Fsp3) is 0.364. The molecule has 0 radical (unpaired) electrons. The van der Waals surface area contributed by atoms with Gasteiger partial charge in [0.25, 0.3) is 0 Å². The van der Waals surface area contributed by atoms with Crippen LogP contribution >= 0.6 is 0 Å². The van der Waals surface area contributed by atoms with Gasteiger partial charge in [-0.25, -0.2) is 0 Å². The summed E-state index contributed by atoms with van der Waals surface area (Å²) in [6, 6.07) is 8.33. The van der Waals surface area contributed by atoms with Crippen molar-refractivity contribution in [2.75, 3.05) is 7.11 Å². The fourth-order valence-corrected chi connectivity index (χ4v) is 1.63. The second kappa shape index (κ2) is 3.80. The van der Waals surface area contributed by atoms with Gasteiger partial charge in [-0.2, -0.15) is 0 Å². The largest absolute Gasteiger partial charge is 0.380 e. The van der Waals surface area contributed by atoms with Crippen molar-refractivity contribution in [2.45, 2.75) is 19.1 Å². The van der Waals surface area contributed by atoms with E-state index in [1.54, 1.807) is 7.11 Å². The van der Waals surface area contributed by atoms with Gasteiger partial charge in [0.1, 0.15) is 0 Å². The third-order valence-electron chi connectivity index (χ3n) is 2.39. The van der Waals surface area contributed by atoms with Crippen LogP contribution in [-0.4, -0.2) is 13.0 Å². The third kappa shape index (κ3) is 1.77. The van der Waals surface area contributed by atoms with E-state index in [2.05, 4.69) is 11.4 Å². The van der Waals surface area contributed by atoms with E-state index in [1.807, 2.05) is 18.2 Å². The Morgan fingerprint density at radius 3 is 3.00 bits per heavy atom. The van der Waals surface area contributed by atoms with Crippen LogP contribution in [0.3, 0.4) is 0 Å². The van der Waals surface area contributed by atoms with E-state index in [1.165, 1.54) is 5.56 Å². The lowest BCUT2D eigenvalue weighted by Gasteiger charge is -2.27. The molecule has 1 fully saturated rings. The summed E-state index contributed by atoms with van der Waals surface area (Å²) in [4.78, 5) is 10.8. The minimum absolute atomic E-state index is 0.132. The van der Waals surface area contributed by atoms with Crippen molar-refractivity contribution < 1.29 is 9.53 Å². The molecule has 0 aromatic heterocycles. The van der Waals surface area contributed by atoms with Crippen LogP contribution in [-0.2, 0) is 16.1 Å². The molecule has 0 bridgehead atoms. The maximum atomic E-state index is 10.8. The number of amides is 1. The van der Waals surface area contributed by atoms with E-state index in [-0.39, 0.29) is 11.9 Å². The first kappa shape index (κ1) is 9.21. The third-order valence-corrected chi connectivity index (χ3v) is 2.39. The number of carbonyl (C=O) groups is 1. The van der Waals surface area contributed by atoms with Crippen LogP contribution < -0.4 is 5.32 Å². The van der Waals surface area contributed by atoms with Gasteiger partial charge in [-0.1, -0.05) is 24.3 Å². The number of benzene rings is 1. The van der Waals surface area contributed by atoms with Gasteiger partial charge in [0.15, 0.2) is 0 Å². The van der Waals surface area contributed by atoms with Crippen molar-refractivity contribution in [3.8, 4) is 0 Å². The first-order valence-corrected chi connectivity index (χ1v) is 4.67. The van der Waals surface area contributed by atoms with E-state index in [9.17, 15) is 4.79 Å². The summed E-state index contributed by atoms with van der Waals surface area (Å²) in [7, 11) is 1.68. The molecule has 0 saturated carbocycles. The molecule has 14 heavy (non-hydrogen) atoms. The van der Waals surface area contributed by atoms with E-state index in [4.69, 9.17) is 4.74 Å². The zero-order chi connectivity index (χ0) is 9.97. The molecule has 2 rings (SSSR count). The zero-order valence-electron chi connectivity index (χ0n) is 8.12. The number of β-lactam (4-membered cyclic amide) rings is 1. The standard InChI is InChI=1S/C11H13NO2/c1-14-7-8-3-2-4-9(5-8)10-6-11(13)12-10/h2-5,10H,6-7H2,1H3,(H,12,13). The lowest BCUT2D eigenvalue weighted by Crippen LogP contribution is -2.41. The van der Waals surface area contributed by atoms with Crippen LogP contribution in [0.25, 0.3) is 0 Å². The van der Waals surface area contributed by atoms with Crippen molar-refractivity contribution in [2.24, 2.45) is 0 Å². The molecule has 1 aromatic carbocycles. The Balaban J connectivity index is 2.10. The smallest absolute Gasteiger partial charge is 0.222 e. The molecule has 1 unspecified atom stereocenters. The Kier molecular flexibility index (Phi) is 2.50. The molecule has 1 aromatic rings. The van der Waals surface area contributed by atoms with E-state index < -0.39 is 0 Å². The number of hydrogen-bond donors (Lipinski definition) is 1. The molecule has 3 nitrogen and oxygen atoms in total. The zero-order valence-corrected chi connectivity index (χ0v) is 8.12. The van der Waals surface area contributed by atoms with Crippen LogP contribution in [0.15, 0.2) is 24.3 Å². The van der Waals surface area contributed by atoms with Crippen LogP contribution in [0.1, 0.15) is 23.6 Å². The number of carbonyl (C=O) groups excluding carboxylic acids is 1. The molecule has 1 atom stereocenters. The van der Waals surface area contributed by atoms with Crippen molar-refractivity contribution in [3.05, 3.63) is 35.4 Å². The predicted molar refractivity (Wildman–Crippen MR) is 52.7 cm³/mol. The van der Waals surface area contributed by atoms with Crippen LogP contribution in [0, 0.1) is 0 Å². The van der Waals surface area contributed by atoms with E-state index in [0.29, 0.717) is 13.0 Å². The molecule has 0 spiro atoms. The highest BCUT2D eigenvalue weighted by Gasteiger charge is 2.26. The summed E-state index contributed by atoms with van der Waals surface area (Å²) >= 11 is 0. The second-order valence-electron chi connectivity index (χ2n) is 3.50. The van der Waals surface area contributed by atoms with Crippen LogP contribution in [0.5, 0.6) is 0 Å². The Labute approximate surface area is 83.1 Å². The minimum Gasteiger partial charge on any atom is -0.380 e. The van der Waals surface area contributed by atoms with Gasteiger partial charge in [0.2, 0.25) is 5.91 Å². The van der Waals surface area contributed by atoms with Gasteiger partial charge >= 0.3 is 0 Å². The molecule has 1 aliphatic heterocycles. The monoisotopic (exact) mass is 191 g/mol. The number of rotatable bonds is 3. The number of ether oxygens (including phenoxy) is 1. The normalized spacial score (nSPS) is 20.1. The molecule has 1 heterocycles. The number of nitrogens with one attached hydrogen (secondary N) is 1. The summed E-state index contributed by atoms with van der Waals surface area (Å²) in [5.74, 6) is 0.132. The van der Waals surface area contributed by atoms with Gasteiger partial charge in [0, 0.05) is 7.11 Å². The minimum atomic E-state index is 0.132. The quantitative estimate of drug-likeness (QED) is 0.733. The highest BCUT2D eigenvalue weighted by atomic mass is 16.5. The molecular weight excluding hydrogens is 178 g/mol. The average molecular weight is 191 g/mol. The number of hydrogen-bond acceptors (Lipinski definition) is 2. The maximum absolute atomic E-state index is 10.8. The van der Waals surface area contributed by atoms with Gasteiger partial charge in [-0.05, 0) is 11.1 Å². The van der Waals surface area contributed by atoms with Gasteiger partial charge in [-0.15, -0.1) is 0 Å². The lowest BCUT2D eigenvalue weighted by molar-refractivity contribution is -0.128. The SMILES string of the molecule is COCc1cccc(C2CC(=O)N2)c1. The fourth-order valence-electron chi connectivity index (χ4n) is 1.63. The van der Waals surface area contributed by atoms with Gasteiger partial charge in [0.05, 0.1) is 19.1 Å². The molecule has 0 aliphatic carbocycles. The Bertz CT molecular complexity index is 341. The highest BCUT2D eigenvalue weighted by molar-refractivity contribution is 5.83. The molecule has 1 aliphatic rings. The molecule has 1 saturated heterocycles. The van der Waals surface area contributed by atoms with Crippen molar-refractivity contribution in [1.82, 2.24) is 5.32 Å². The summed E-state index contributed by atoms with van der Waals surface area (Å²) in [6.07, 6.45) is 0.608. The van der Waals surface area contributed by atoms with Crippen molar-refractivity contribution >= 4 is 5.91 Å². The van der Waals surface area contributed by atoms with Crippen molar-refractivity contribution in [1.29, 1.82) is 0 Å². The number of methoxy groups -OCH3 is 1. The average Bonchev–Trinajstić information content (AvgIpc) is 2.14. The second-order valence-corrected chi connectivity index (χ2v) is 3.50. The summed E-state index contributed by atoms with van der Waals surface area (Å²) in [5, 5.41) is 2.85. The first-order valence-electron chi connectivity index (χ1n) is 4.67. The Hall–Kier alpha value is -1.35. The van der Waals surface area contributed by atoms with Crippen LogP contribution in [0.2, 0.25) is 0 Å².